The van der Waals surface area contributed by atoms with Crippen LogP contribution in [-0.4, -0.2) is 24.4 Å². The number of carbonyl (C=O) groups excluding carboxylic acids is 1. The average Bonchev–Trinajstić information content (AvgIpc) is 2.94. The summed E-state index contributed by atoms with van der Waals surface area (Å²) in [4.78, 5) is 14.9. The van der Waals surface area contributed by atoms with E-state index < -0.39 is 22.7 Å². The van der Waals surface area contributed by atoms with Gasteiger partial charge in [-0.2, -0.15) is 13.2 Å². The monoisotopic (exact) mass is 436 g/mol. The fraction of sp³-hybridized carbons (Fsp3) is 0.435. The molecule has 1 amide bonds. The lowest BCUT2D eigenvalue weighted by Gasteiger charge is -2.38. The molecule has 1 saturated carbocycles. The van der Waals surface area contributed by atoms with Crippen molar-refractivity contribution in [2.24, 2.45) is 5.92 Å². The van der Waals surface area contributed by atoms with E-state index in [1.807, 2.05) is 12.1 Å². The Morgan fingerprint density at radius 3 is 2.67 bits per heavy atom. The van der Waals surface area contributed by atoms with Crippen molar-refractivity contribution in [3.05, 3.63) is 69.7 Å². The summed E-state index contributed by atoms with van der Waals surface area (Å²) in [6.45, 7) is 1.35. The molecule has 1 N–H and O–H groups in total. The van der Waals surface area contributed by atoms with Crippen LogP contribution in [0.25, 0.3) is 0 Å². The summed E-state index contributed by atoms with van der Waals surface area (Å²) < 4.78 is 39.0. The molecule has 160 valence electrons. The number of hydrogen-bond donors (Lipinski definition) is 1. The van der Waals surface area contributed by atoms with E-state index in [0.29, 0.717) is 0 Å². The number of rotatable bonds is 4. The van der Waals surface area contributed by atoms with Gasteiger partial charge in [-0.15, -0.1) is 0 Å². The van der Waals surface area contributed by atoms with Crippen LogP contribution >= 0.6 is 11.6 Å². The number of likely N-dealkylation sites (tertiary alicyclic amines) is 1. The highest BCUT2D eigenvalue weighted by molar-refractivity contribution is 6.34. The fourth-order valence-corrected chi connectivity index (χ4v) is 5.37. The molecule has 1 aliphatic carbocycles. The highest BCUT2D eigenvalue weighted by Crippen LogP contribution is 2.49. The Kier molecular flexibility index (Phi) is 5.58. The summed E-state index contributed by atoms with van der Waals surface area (Å²) in [6, 6.07) is 11.5. The van der Waals surface area contributed by atoms with E-state index in [0.717, 1.165) is 30.5 Å². The number of nitrogens with zero attached hydrogens (tertiary/aromatic N) is 1. The van der Waals surface area contributed by atoms with Gasteiger partial charge >= 0.3 is 6.18 Å². The van der Waals surface area contributed by atoms with E-state index in [4.69, 9.17) is 11.6 Å². The Morgan fingerprint density at radius 2 is 1.97 bits per heavy atom. The molecule has 4 rings (SSSR count). The van der Waals surface area contributed by atoms with Crippen molar-refractivity contribution in [2.45, 2.75) is 43.9 Å². The predicted octanol–water partition coefficient (Wildman–Crippen LogP) is 5.62. The molecule has 1 saturated heterocycles. The van der Waals surface area contributed by atoms with Crippen LogP contribution in [0.2, 0.25) is 5.02 Å². The zero-order valence-corrected chi connectivity index (χ0v) is 17.5. The first-order chi connectivity index (χ1) is 14.2. The number of amides is 1. The second kappa shape index (κ2) is 7.89. The van der Waals surface area contributed by atoms with E-state index in [1.165, 1.54) is 37.0 Å². The number of hydrogen-bond acceptors (Lipinski definition) is 2. The molecule has 0 radical (unpaired) electrons. The van der Waals surface area contributed by atoms with Crippen molar-refractivity contribution >= 4 is 17.5 Å². The Morgan fingerprint density at radius 1 is 1.23 bits per heavy atom. The molecular weight excluding hydrogens is 413 g/mol. The highest BCUT2D eigenvalue weighted by Gasteiger charge is 2.46. The molecular formula is C23H24ClF3N2O. The standard InChI is InChI=1S/C23H24ClF3N2O/c1-29-14-16-4-3-11-22(29,12-16)17-9-7-15(8-10-17)13-28-21(30)18-5-2-6-19(20(18)24)23(25,26)27/h2,5-10,16H,3-4,11-14H2,1H3,(H,28,30). The normalized spacial score (nSPS) is 24.1. The SMILES string of the molecule is CN1CC2CCCC1(c1ccc(CNC(=O)c3cccc(C(F)(F)F)c3Cl)cc1)C2. The van der Waals surface area contributed by atoms with Gasteiger partial charge < -0.3 is 5.32 Å². The molecule has 1 heterocycles. The molecule has 2 aromatic carbocycles. The molecule has 2 aliphatic rings. The van der Waals surface area contributed by atoms with E-state index in [1.54, 1.807) is 0 Å². The van der Waals surface area contributed by atoms with Crippen LogP contribution in [0.4, 0.5) is 13.2 Å². The van der Waals surface area contributed by atoms with Gasteiger partial charge in [-0.3, -0.25) is 9.69 Å². The van der Waals surface area contributed by atoms with Gasteiger partial charge in [-0.25, -0.2) is 0 Å². The number of benzene rings is 2. The van der Waals surface area contributed by atoms with Gasteiger partial charge in [0.25, 0.3) is 5.91 Å². The van der Waals surface area contributed by atoms with Crippen LogP contribution in [0.1, 0.15) is 52.7 Å². The first kappa shape index (κ1) is 21.2. The van der Waals surface area contributed by atoms with E-state index in [2.05, 4.69) is 29.4 Å². The average molecular weight is 437 g/mol. The third kappa shape index (κ3) is 3.83. The maximum Gasteiger partial charge on any atom is 0.417 e. The van der Waals surface area contributed by atoms with Crippen molar-refractivity contribution in [1.29, 1.82) is 0 Å². The lowest BCUT2D eigenvalue weighted by Crippen LogP contribution is -2.38. The Balaban J connectivity index is 1.45. The fourth-order valence-electron chi connectivity index (χ4n) is 5.05. The molecule has 7 heteroatoms. The van der Waals surface area contributed by atoms with E-state index in [9.17, 15) is 18.0 Å². The molecule has 2 atom stereocenters. The summed E-state index contributed by atoms with van der Waals surface area (Å²) in [5, 5.41) is 2.10. The van der Waals surface area contributed by atoms with Gasteiger partial charge in [0.1, 0.15) is 0 Å². The van der Waals surface area contributed by atoms with Crippen LogP contribution in [0.3, 0.4) is 0 Å². The Bertz CT molecular complexity index is 944. The summed E-state index contributed by atoms with van der Waals surface area (Å²) in [7, 11) is 2.19. The van der Waals surface area contributed by atoms with Crippen molar-refractivity contribution in [1.82, 2.24) is 10.2 Å². The topological polar surface area (TPSA) is 32.3 Å². The first-order valence-electron chi connectivity index (χ1n) is 10.2. The minimum Gasteiger partial charge on any atom is -0.348 e. The lowest BCUT2D eigenvalue weighted by atomic mass is 9.75. The van der Waals surface area contributed by atoms with E-state index in [-0.39, 0.29) is 17.6 Å². The van der Waals surface area contributed by atoms with Crippen molar-refractivity contribution in [3.8, 4) is 0 Å². The molecule has 2 unspecified atom stereocenters. The highest BCUT2D eigenvalue weighted by atomic mass is 35.5. The molecule has 2 fully saturated rings. The Labute approximate surface area is 179 Å². The third-order valence-electron chi connectivity index (χ3n) is 6.58. The Hall–Kier alpha value is -2.05. The summed E-state index contributed by atoms with van der Waals surface area (Å²) in [5.41, 5.74) is 1.11. The van der Waals surface area contributed by atoms with Crippen molar-refractivity contribution in [2.75, 3.05) is 13.6 Å². The third-order valence-corrected chi connectivity index (χ3v) is 6.99. The van der Waals surface area contributed by atoms with Gasteiger partial charge in [0.15, 0.2) is 0 Å². The van der Waals surface area contributed by atoms with Gasteiger partial charge in [0.05, 0.1) is 16.1 Å². The van der Waals surface area contributed by atoms with Crippen LogP contribution in [0.15, 0.2) is 42.5 Å². The number of carbonyl (C=O) groups is 1. The molecule has 0 aromatic heterocycles. The predicted molar refractivity (Wildman–Crippen MR) is 110 cm³/mol. The largest absolute Gasteiger partial charge is 0.417 e. The summed E-state index contributed by atoms with van der Waals surface area (Å²) in [5.74, 6) is 0.138. The molecule has 0 spiro atoms. The minimum absolute atomic E-state index is 0.107. The van der Waals surface area contributed by atoms with Crippen LogP contribution in [-0.2, 0) is 18.3 Å². The molecule has 30 heavy (non-hydrogen) atoms. The summed E-state index contributed by atoms with van der Waals surface area (Å²) >= 11 is 5.84. The van der Waals surface area contributed by atoms with Crippen molar-refractivity contribution in [3.63, 3.8) is 0 Å². The number of fused-ring (bicyclic) bond motifs is 2. The van der Waals surface area contributed by atoms with Gasteiger partial charge in [0.2, 0.25) is 0 Å². The number of halogens is 4. The zero-order chi connectivity index (χ0) is 21.5. The van der Waals surface area contributed by atoms with Crippen molar-refractivity contribution < 1.29 is 18.0 Å². The van der Waals surface area contributed by atoms with Crippen LogP contribution in [0.5, 0.6) is 0 Å². The lowest BCUT2D eigenvalue weighted by molar-refractivity contribution is -0.137. The smallest absolute Gasteiger partial charge is 0.348 e. The van der Waals surface area contributed by atoms with Gasteiger partial charge in [0, 0.05) is 18.6 Å². The first-order valence-corrected chi connectivity index (χ1v) is 10.5. The van der Waals surface area contributed by atoms with Crippen LogP contribution in [0, 0.1) is 5.92 Å². The minimum atomic E-state index is -4.60. The second-order valence-corrected chi connectivity index (χ2v) is 8.80. The number of nitrogens with one attached hydrogen (secondary N) is 1. The molecule has 1 aliphatic heterocycles. The number of alkyl halides is 3. The molecule has 3 nitrogen and oxygen atoms in total. The van der Waals surface area contributed by atoms with Gasteiger partial charge in [-0.1, -0.05) is 48.4 Å². The van der Waals surface area contributed by atoms with E-state index >= 15 is 0 Å². The van der Waals surface area contributed by atoms with Crippen LogP contribution < -0.4 is 5.32 Å². The van der Waals surface area contributed by atoms with Gasteiger partial charge in [-0.05, 0) is 55.5 Å². The quantitative estimate of drug-likeness (QED) is 0.674. The molecule has 2 bridgehead atoms. The maximum absolute atomic E-state index is 13.0. The molecule has 2 aromatic rings. The maximum atomic E-state index is 13.0. The second-order valence-electron chi connectivity index (χ2n) is 8.42. The zero-order valence-electron chi connectivity index (χ0n) is 16.7. The summed E-state index contributed by atoms with van der Waals surface area (Å²) in [6.07, 6.45) is 0.283.